The first kappa shape index (κ1) is 15.8. The smallest absolute Gasteiger partial charge is 0.416 e. The van der Waals surface area contributed by atoms with Crippen LogP contribution in [0.15, 0.2) is 18.2 Å². The van der Waals surface area contributed by atoms with Crippen LogP contribution in [-0.4, -0.2) is 12.1 Å². The van der Waals surface area contributed by atoms with Crippen molar-refractivity contribution in [3.63, 3.8) is 0 Å². The number of hydrogen-bond donors (Lipinski definition) is 0. The summed E-state index contributed by atoms with van der Waals surface area (Å²) >= 11 is 0. The second-order valence-electron chi connectivity index (χ2n) is 5.48. The van der Waals surface area contributed by atoms with Gasteiger partial charge in [-0.2, -0.15) is 13.2 Å². The van der Waals surface area contributed by atoms with Crippen LogP contribution < -0.4 is 0 Å². The molecule has 0 N–H and O–H groups in total. The lowest BCUT2D eigenvalue weighted by molar-refractivity contribution is -0.137. The normalized spacial score (nSPS) is 22.9. The molecule has 116 valence electrons. The highest BCUT2D eigenvalue weighted by Crippen LogP contribution is 2.31. The van der Waals surface area contributed by atoms with E-state index < -0.39 is 29.1 Å². The molecule has 1 aromatic rings. The van der Waals surface area contributed by atoms with E-state index in [2.05, 4.69) is 6.92 Å². The van der Waals surface area contributed by atoms with Crippen molar-refractivity contribution in [2.75, 3.05) is 0 Å². The van der Waals surface area contributed by atoms with Crippen LogP contribution in [0.5, 0.6) is 0 Å². The van der Waals surface area contributed by atoms with Gasteiger partial charge in [-0.15, -0.1) is 0 Å². The van der Waals surface area contributed by atoms with E-state index in [-0.39, 0.29) is 6.10 Å². The van der Waals surface area contributed by atoms with Crippen LogP contribution in [0.1, 0.15) is 48.5 Å². The largest absolute Gasteiger partial charge is 0.459 e. The van der Waals surface area contributed by atoms with Gasteiger partial charge in [0.15, 0.2) is 0 Å². The summed E-state index contributed by atoms with van der Waals surface area (Å²) < 4.78 is 56.5. The van der Waals surface area contributed by atoms with Crippen molar-refractivity contribution in [3.05, 3.63) is 35.1 Å². The molecule has 6 heteroatoms. The van der Waals surface area contributed by atoms with Gasteiger partial charge in [0.2, 0.25) is 0 Å². The molecule has 0 saturated heterocycles. The van der Waals surface area contributed by atoms with Crippen molar-refractivity contribution in [2.45, 2.75) is 44.9 Å². The van der Waals surface area contributed by atoms with E-state index >= 15 is 0 Å². The molecule has 2 nitrogen and oxygen atoms in total. The molecule has 0 aromatic heterocycles. The summed E-state index contributed by atoms with van der Waals surface area (Å²) in [5.41, 5.74) is -1.73. The summed E-state index contributed by atoms with van der Waals surface area (Å²) in [5.74, 6) is -1.49. The highest BCUT2D eigenvalue weighted by Gasteiger charge is 2.32. The fraction of sp³-hybridized carbons (Fsp3) is 0.533. The Hall–Kier alpha value is -1.59. The number of hydrogen-bond acceptors (Lipinski definition) is 2. The number of rotatable bonds is 2. The zero-order valence-corrected chi connectivity index (χ0v) is 11.5. The van der Waals surface area contributed by atoms with Crippen molar-refractivity contribution in [3.8, 4) is 0 Å². The minimum atomic E-state index is -4.62. The topological polar surface area (TPSA) is 26.3 Å². The van der Waals surface area contributed by atoms with Crippen molar-refractivity contribution < 1.29 is 27.1 Å². The molecular weight excluding hydrogens is 288 g/mol. The summed E-state index contributed by atoms with van der Waals surface area (Å²) in [6.07, 6.45) is -1.86. The Balaban J connectivity index is 2.11. The third-order valence-corrected chi connectivity index (χ3v) is 3.75. The Kier molecular flexibility index (Phi) is 4.54. The number of carbonyl (C=O) groups excluding carboxylic acids is 1. The predicted molar refractivity (Wildman–Crippen MR) is 68.2 cm³/mol. The molecule has 0 atom stereocenters. The number of halogens is 4. The average molecular weight is 304 g/mol. The summed E-state index contributed by atoms with van der Waals surface area (Å²) in [4.78, 5) is 11.9. The van der Waals surface area contributed by atoms with E-state index in [1.807, 2.05) is 0 Å². The number of benzene rings is 1. The standard InChI is InChI=1S/C15H16F4O2/c1-9-2-5-11(6-3-9)21-14(20)12-8-10(15(17,18)19)4-7-13(12)16/h4,7-9,11H,2-3,5-6H2,1H3. The minimum absolute atomic E-state index is 0.345. The first-order chi connectivity index (χ1) is 9.77. The van der Waals surface area contributed by atoms with E-state index in [0.717, 1.165) is 12.8 Å². The Morgan fingerprint density at radius 3 is 2.38 bits per heavy atom. The second-order valence-corrected chi connectivity index (χ2v) is 5.48. The van der Waals surface area contributed by atoms with Gasteiger partial charge in [0.25, 0.3) is 0 Å². The van der Waals surface area contributed by atoms with E-state index in [4.69, 9.17) is 4.74 Å². The summed E-state index contributed by atoms with van der Waals surface area (Å²) in [5, 5.41) is 0. The summed E-state index contributed by atoms with van der Waals surface area (Å²) in [7, 11) is 0. The Morgan fingerprint density at radius 1 is 1.19 bits per heavy atom. The molecule has 2 rings (SSSR count). The van der Waals surface area contributed by atoms with Gasteiger partial charge < -0.3 is 4.74 Å². The molecule has 0 spiro atoms. The van der Waals surface area contributed by atoms with Gasteiger partial charge in [0.05, 0.1) is 11.1 Å². The Labute approximate surface area is 120 Å². The SMILES string of the molecule is CC1CCC(OC(=O)c2cc(C(F)(F)F)ccc2F)CC1. The molecule has 0 heterocycles. The first-order valence-corrected chi connectivity index (χ1v) is 6.85. The van der Waals surface area contributed by atoms with Crippen molar-refractivity contribution in [2.24, 2.45) is 5.92 Å². The molecule has 21 heavy (non-hydrogen) atoms. The maximum atomic E-state index is 13.6. The monoisotopic (exact) mass is 304 g/mol. The average Bonchev–Trinajstić information content (AvgIpc) is 2.40. The molecule has 1 fully saturated rings. The van der Waals surface area contributed by atoms with Crippen molar-refractivity contribution in [1.82, 2.24) is 0 Å². The molecule has 0 unspecified atom stereocenters. The minimum Gasteiger partial charge on any atom is -0.459 e. The molecule has 0 radical (unpaired) electrons. The molecule has 0 amide bonds. The molecule has 0 bridgehead atoms. The molecule has 1 aromatic carbocycles. The van der Waals surface area contributed by atoms with Crippen LogP contribution in [0.3, 0.4) is 0 Å². The van der Waals surface area contributed by atoms with Crippen LogP contribution in [0, 0.1) is 11.7 Å². The maximum absolute atomic E-state index is 13.6. The van der Waals surface area contributed by atoms with E-state index in [9.17, 15) is 22.4 Å². The fourth-order valence-electron chi connectivity index (χ4n) is 2.42. The first-order valence-electron chi connectivity index (χ1n) is 6.85. The highest BCUT2D eigenvalue weighted by atomic mass is 19.4. The van der Waals surface area contributed by atoms with Gasteiger partial charge in [-0.1, -0.05) is 6.92 Å². The van der Waals surface area contributed by atoms with Crippen molar-refractivity contribution >= 4 is 5.97 Å². The van der Waals surface area contributed by atoms with Gasteiger partial charge >= 0.3 is 12.1 Å². The zero-order chi connectivity index (χ0) is 15.6. The van der Waals surface area contributed by atoms with Gasteiger partial charge in [0, 0.05) is 0 Å². The maximum Gasteiger partial charge on any atom is 0.416 e. The van der Waals surface area contributed by atoms with E-state index in [1.54, 1.807) is 0 Å². The van der Waals surface area contributed by atoms with Crippen LogP contribution in [0.2, 0.25) is 0 Å². The number of alkyl halides is 3. The molecule has 0 aliphatic heterocycles. The lowest BCUT2D eigenvalue weighted by Crippen LogP contribution is -2.24. The van der Waals surface area contributed by atoms with Gasteiger partial charge in [0.1, 0.15) is 11.9 Å². The summed E-state index contributed by atoms with van der Waals surface area (Å²) in [6.45, 7) is 2.09. The highest BCUT2D eigenvalue weighted by molar-refractivity contribution is 5.90. The molecule has 1 aliphatic carbocycles. The Bertz CT molecular complexity index is 517. The van der Waals surface area contributed by atoms with E-state index in [1.165, 1.54) is 0 Å². The molecular formula is C15H16F4O2. The lowest BCUT2D eigenvalue weighted by Gasteiger charge is -2.26. The quantitative estimate of drug-likeness (QED) is 0.590. The molecule has 1 saturated carbocycles. The van der Waals surface area contributed by atoms with Gasteiger partial charge in [-0.25, -0.2) is 9.18 Å². The van der Waals surface area contributed by atoms with Crippen LogP contribution in [0.4, 0.5) is 17.6 Å². The molecule has 1 aliphatic rings. The van der Waals surface area contributed by atoms with Gasteiger partial charge in [-0.05, 0) is 49.8 Å². The number of carbonyl (C=O) groups is 1. The lowest BCUT2D eigenvalue weighted by atomic mass is 9.89. The Morgan fingerprint density at radius 2 is 1.81 bits per heavy atom. The predicted octanol–water partition coefficient (Wildman–Crippen LogP) is 4.58. The van der Waals surface area contributed by atoms with E-state index in [0.29, 0.717) is 37.0 Å². The van der Waals surface area contributed by atoms with Gasteiger partial charge in [-0.3, -0.25) is 0 Å². The van der Waals surface area contributed by atoms with Crippen LogP contribution in [-0.2, 0) is 10.9 Å². The number of esters is 1. The zero-order valence-electron chi connectivity index (χ0n) is 11.5. The number of ether oxygens (including phenoxy) is 1. The third kappa shape index (κ3) is 3.95. The fourth-order valence-corrected chi connectivity index (χ4v) is 2.42. The second kappa shape index (κ2) is 6.03. The van der Waals surface area contributed by atoms with Crippen molar-refractivity contribution in [1.29, 1.82) is 0 Å². The van der Waals surface area contributed by atoms with Crippen LogP contribution in [0.25, 0.3) is 0 Å². The summed E-state index contributed by atoms with van der Waals surface area (Å²) in [6, 6.07) is 1.75. The third-order valence-electron chi connectivity index (χ3n) is 3.75. The van der Waals surface area contributed by atoms with Crippen LogP contribution >= 0.6 is 0 Å².